The van der Waals surface area contributed by atoms with Crippen molar-refractivity contribution in [2.75, 3.05) is 0 Å². The number of rotatable bonds is 2. The minimum absolute atomic E-state index is 0.257. The maximum Gasteiger partial charge on any atom is 0.225 e. The predicted molar refractivity (Wildman–Crippen MR) is 68.3 cm³/mol. The van der Waals surface area contributed by atoms with Gasteiger partial charge in [-0.3, -0.25) is 0 Å². The van der Waals surface area contributed by atoms with E-state index in [0.29, 0.717) is 6.04 Å². The zero-order valence-corrected chi connectivity index (χ0v) is 10.3. The second-order valence-corrected chi connectivity index (χ2v) is 5.37. The van der Waals surface area contributed by atoms with Gasteiger partial charge < -0.3 is 10.5 Å². The highest BCUT2D eigenvalue weighted by molar-refractivity contribution is 7.16. The fourth-order valence-electron chi connectivity index (χ4n) is 2.23. The van der Waals surface area contributed by atoms with Crippen LogP contribution in [0, 0.1) is 0 Å². The molecule has 3 rings (SSSR count). The van der Waals surface area contributed by atoms with E-state index < -0.39 is 0 Å². The van der Waals surface area contributed by atoms with Gasteiger partial charge in [-0.15, -0.1) is 11.3 Å². The van der Waals surface area contributed by atoms with Gasteiger partial charge in [0.2, 0.25) is 5.88 Å². The molecule has 0 unspecified atom stereocenters. The molecule has 2 aromatic rings. The Labute approximate surface area is 104 Å². The number of hydrogen-bond donors (Lipinski definition) is 1. The lowest BCUT2D eigenvalue weighted by molar-refractivity contribution is 0.143. The Balaban J connectivity index is 1.78. The van der Waals surface area contributed by atoms with Gasteiger partial charge in [0, 0.05) is 6.04 Å². The lowest BCUT2D eigenvalue weighted by atomic mass is 9.94. The summed E-state index contributed by atoms with van der Waals surface area (Å²) in [6.07, 6.45) is 5.97. The fraction of sp³-hybridized carbons (Fsp3) is 0.500. The molecule has 2 aromatic heterocycles. The first-order valence-corrected chi connectivity index (χ1v) is 6.81. The monoisotopic (exact) mass is 249 g/mol. The standard InChI is InChI=1S/C12H15N3OS/c13-8-1-3-9(4-2-8)16-11-10-5-6-17-12(10)15-7-14-11/h5-9H,1-4,13H2. The Bertz CT molecular complexity index is 505. The molecule has 5 heteroatoms. The average Bonchev–Trinajstić information content (AvgIpc) is 2.81. The maximum absolute atomic E-state index is 5.98. The maximum atomic E-state index is 5.98. The molecule has 0 aromatic carbocycles. The van der Waals surface area contributed by atoms with Crippen LogP contribution in [0.5, 0.6) is 5.88 Å². The van der Waals surface area contributed by atoms with Crippen molar-refractivity contribution in [2.24, 2.45) is 5.73 Å². The van der Waals surface area contributed by atoms with Crippen molar-refractivity contribution >= 4 is 21.6 Å². The highest BCUT2D eigenvalue weighted by atomic mass is 32.1. The van der Waals surface area contributed by atoms with E-state index in [-0.39, 0.29) is 6.10 Å². The van der Waals surface area contributed by atoms with Crippen LogP contribution in [-0.2, 0) is 0 Å². The summed E-state index contributed by atoms with van der Waals surface area (Å²) in [6, 6.07) is 2.37. The molecule has 0 aliphatic heterocycles. The number of thiophene rings is 1. The Kier molecular flexibility index (Phi) is 2.94. The van der Waals surface area contributed by atoms with Gasteiger partial charge in [-0.05, 0) is 37.1 Å². The van der Waals surface area contributed by atoms with Crippen molar-refractivity contribution in [1.29, 1.82) is 0 Å². The molecule has 1 fully saturated rings. The molecule has 90 valence electrons. The number of fused-ring (bicyclic) bond motifs is 1. The number of hydrogen-bond acceptors (Lipinski definition) is 5. The van der Waals surface area contributed by atoms with Crippen molar-refractivity contribution in [3.63, 3.8) is 0 Å². The third kappa shape index (κ3) is 2.25. The second-order valence-electron chi connectivity index (χ2n) is 4.47. The zero-order valence-electron chi connectivity index (χ0n) is 9.50. The van der Waals surface area contributed by atoms with Crippen LogP contribution in [0.25, 0.3) is 10.2 Å². The van der Waals surface area contributed by atoms with Crippen LogP contribution in [0.4, 0.5) is 0 Å². The molecule has 2 heterocycles. The number of nitrogens with two attached hydrogens (primary N) is 1. The minimum atomic E-state index is 0.257. The molecule has 0 saturated heterocycles. The van der Waals surface area contributed by atoms with Crippen LogP contribution >= 0.6 is 11.3 Å². The normalized spacial score (nSPS) is 25.0. The van der Waals surface area contributed by atoms with E-state index in [2.05, 4.69) is 9.97 Å². The van der Waals surface area contributed by atoms with Gasteiger partial charge >= 0.3 is 0 Å². The summed E-state index contributed by atoms with van der Waals surface area (Å²) in [5, 5.41) is 3.04. The first-order valence-electron chi connectivity index (χ1n) is 5.93. The second kappa shape index (κ2) is 4.58. The molecule has 1 aliphatic carbocycles. The molecule has 2 N–H and O–H groups in total. The first-order chi connectivity index (χ1) is 8.33. The summed E-state index contributed by atoms with van der Waals surface area (Å²) >= 11 is 1.61. The molecular weight excluding hydrogens is 234 g/mol. The summed E-state index contributed by atoms with van der Waals surface area (Å²) in [5.74, 6) is 0.719. The number of nitrogens with zero attached hydrogens (tertiary/aromatic N) is 2. The van der Waals surface area contributed by atoms with E-state index in [1.807, 2.05) is 11.4 Å². The SMILES string of the molecule is NC1CCC(Oc2ncnc3sccc23)CC1. The number of ether oxygens (including phenoxy) is 1. The van der Waals surface area contributed by atoms with Gasteiger partial charge in [0.25, 0.3) is 0 Å². The van der Waals surface area contributed by atoms with Gasteiger partial charge in [0.15, 0.2) is 0 Å². The Morgan fingerprint density at radius 2 is 2.06 bits per heavy atom. The van der Waals surface area contributed by atoms with Crippen LogP contribution in [-0.4, -0.2) is 22.1 Å². The lowest BCUT2D eigenvalue weighted by Gasteiger charge is -2.26. The summed E-state index contributed by atoms with van der Waals surface area (Å²) in [4.78, 5) is 9.44. The molecule has 0 radical (unpaired) electrons. The van der Waals surface area contributed by atoms with Gasteiger partial charge in [0.1, 0.15) is 17.3 Å². The smallest absolute Gasteiger partial charge is 0.225 e. The summed E-state index contributed by atoms with van der Waals surface area (Å²) in [7, 11) is 0. The molecule has 0 bridgehead atoms. The van der Waals surface area contributed by atoms with Crippen LogP contribution in [0.2, 0.25) is 0 Å². The van der Waals surface area contributed by atoms with Crippen molar-refractivity contribution in [3.05, 3.63) is 17.8 Å². The summed E-state index contributed by atoms with van der Waals surface area (Å²) in [5.41, 5.74) is 5.88. The summed E-state index contributed by atoms with van der Waals surface area (Å²) in [6.45, 7) is 0. The average molecular weight is 249 g/mol. The van der Waals surface area contributed by atoms with E-state index in [9.17, 15) is 0 Å². The largest absolute Gasteiger partial charge is 0.474 e. The van der Waals surface area contributed by atoms with Gasteiger partial charge in [-0.25, -0.2) is 9.97 Å². The van der Waals surface area contributed by atoms with Crippen LogP contribution in [0.1, 0.15) is 25.7 Å². The molecule has 4 nitrogen and oxygen atoms in total. The van der Waals surface area contributed by atoms with E-state index in [4.69, 9.17) is 10.5 Å². The van der Waals surface area contributed by atoms with E-state index in [0.717, 1.165) is 41.8 Å². The topological polar surface area (TPSA) is 61.0 Å². The Morgan fingerprint density at radius 3 is 2.88 bits per heavy atom. The highest BCUT2D eigenvalue weighted by Gasteiger charge is 2.21. The molecule has 0 atom stereocenters. The third-order valence-electron chi connectivity index (χ3n) is 3.22. The zero-order chi connectivity index (χ0) is 11.7. The quantitative estimate of drug-likeness (QED) is 0.887. The molecule has 1 aliphatic rings. The third-order valence-corrected chi connectivity index (χ3v) is 4.04. The van der Waals surface area contributed by atoms with Crippen molar-refractivity contribution in [2.45, 2.75) is 37.8 Å². The molecular formula is C12H15N3OS. The van der Waals surface area contributed by atoms with Crippen molar-refractivity contribution in [1.82, 2.24) is 9.97 Å². The highest BCUT2D eigenvalue weighted by Crippen LogP contribution is 2.28. The van der Waals surface area contributed by atoms with Gasteiger partial charge in [0.05, 0.1) is 5.39 Å². The van der Waals surface area contributed by atoms with Gasteiger partial charge in [-0.1, -0.05) is 0 Å². The summed E-state index contributed by atoms with van der Waals surface area (Å²) < 4.78 is 5.98. The fourth-order valence-corrected chi connectivity index (χ4v) is 2.95. The van der Waals surface area contributed by atoms with Crippen molar-refractivity contribution in [3.8, 4) is 5.88 Å². The van der Waals surface area contributed by atoms with E-state index in [1.165, 1.54) is 0 Å². The molecule has 0 amide bonds. The van der Waals surface area contributed by atoms with E-state index >= 15 is 0 Å². The van der Waals surface area contributed by atoms with Gasteiger partial charge in [-0.2, -0.15) is 0 Å². The van der Waals surface area contributed by atoms with Crippen LogP contribution in [0.15, 0.2) is 17.8 Å². The van der Waals surface area contributed by atoms with Crippen molar-refractivity contribution < 1.29 is 4.74 Å². The predicted octanol–water partition coefficient (Wildman–Crippen LogP) is 2.34. The lowest BCUT2D eigenvalue weighted by Crippen LogP contribution is -2.31. The molecule has 17 heavy (non-hydrogen) atoms. The molecule has 1 saturated carbocycles. The Morgan fingerprint density at radius 1 is 1.24 bits per heavy atom. The van der Waals surface area contributed by atoms with Crippen LogP contribution in [0.3, 0.4) is 0 Å². The first kappa shape index (κ1) is 10.9. The molecule has 0 spiro atoms. The van der Waals surface area contributed by atoms with E-state index in [1.54, 1.807) is 17.7 Å². The van der Waals surface area contributed by atoms with Crippen LogP contribution < -0.4 is 10.5 Å². The Hall–Kier alpha value is -1.20. The minimum Gasteiger partial charge on any atom is -0.474 e. The number of aromatic nitrogens is 2.